The van der Waals surface area contributed by atoms with E-state index in [1.165, 1.54) is 0 Å². The van der Waals surface area contributed by atoms with Gasteiger partial charge in [0.15, 0.2) is 5.78 Å². The molecule has 45 heavy (non-hydrogen) atoms. The van der Waals surface area contributed by atoms with Gasteiger partial charge in [0.05, 0.1) is 37.7 Å². The molecule has 1 amide bonds. The summed E-state index contributed by atoms with van der Waals surface area (Å²) >= 11 is 0. The van der Waals surface area contributed by atoms with E-state index in [2.05, 4.69) is 44.0 Å². The smallest absolute Gasteiger partial charge is 0.415 e. The number of carbonyl (C=O) groups excluding carboxylic acids is 2. The third-order valence-electron chi connectivity index (χ3n) is 8.53. The molecule has 0 saturated carbocycles. The average Bonchev–Trinajstić information content (AvgIpc) is 3.15. The lowest BCUT2D eigenvalue weighted by Gasteiger charge is -2.36. The van der Waals surface area contributed by atoms with Crippen molar-refractivity contribution >= 4 is 28.9 Å². The Morgan fingerprint density at radius 1 is 0.889 bits per heavy atom. The van der Waals surface area contributed by atoms with Gasteiger partial charge in [0, 0.05) is 47.1 Å². The summed E-state index contributed by atoms with van der Waals surface area (Å²) in [6.07, 6.45) is 0.0218. The van der Waals surface area contributed by atoms with E-state index in [9.17, 15) is 9.59 Å². The number of benzene rings is 3. The van der Waals surface area contributed by atoms with Crippen LogP contribution in [0.15, 0.2) is 78.0 Å². The first-order valence-corrected chi connectivity index (χ1v) is 15.8. The van der Waals surface area contributed by atoms with Gasteiger partial charge in [0.25, 0.3) is 0 Å². The molecule has 3 aromatic rings. The van der Waals surface area contributed by atoms with Crippen LogP contribution >= 0.6 is 0 Å². The number of amides is 1. The number of ketones is 1. The minimum Gasteiger partial charge on any atom is -0.497 e. The van der Waals surface area contributed by atoms with Crippen molar-refractivity contribution in [2.24, 2.45) is 0 Å². The highest BCUT2D eigenvalue weighted by molar-refractivity contribution is 6.05. The average molecular weight is 612 g/mol. The van der Waals surface area contributed by atoms with Crippen LogP contribution in [0.25, 0.3) is 0 Å². The zero-order chi connectivity index (χ0) is 32.4. The van der Waals surface area contributed by atoms with Crippen LogP contribution in [-0.4, -0.2) is 44.3 Å². The maximum Gasteiger partial charge on any atom is 0.415 e. The minimum absolute atomic E-state index is 0.0261. The molecule has 2 atom stereocenters. The summed E-state index contributed by atoms with van der Waals surface area (Å²) in [5.74, 6) is 1.31. The van der Waals surface area contributed by atoms with Gasteiger partial charge in [0.2, 0.25) is 0 Å². The van der Waals surface area contributed by atoms with Crippen molar-refractivity contribution in [1.82, 2.24) is 0 Å². The van der Waals surface area contributed by atoms with Crippen LogP contribution < -0.4 is 24.6 Å². The number of anilines is 3. The van der Waals surface area contributed by atoms with E-state index in [4.69, 9.17) is 14.2 Å². The Hall–Kier alpha value is -4.46. The predicted octanol–water partition coefficient (Wildman–Crippen LogP) is 8.25. The Balaban J connectivity index is 1.72. The molecule has 0 saturated heterocycles. The molecule has 8 heteroatoms. The van der Waals surface area contributed by atoms with Crippen LogP contribution in [0, 0.1) is 0 Å². The lowest BCUT2D eigenvalue weighted by Crippen LogP contribution is -2.40. The number of rotatable bonds is 8. The fourth-order valence-electron chi connectivity index (χ4n) is 6.73. The summed E-state index contributed by atoms with van der Waals surface area (Å²) in [7, 11) is 3.28. The maximum absolute atomic E-state index is 14.4. The van der Waals surface area contributed by atoms with E-state index in [0.29, 0.717) is 29.9 Å². The number of para-hydroxylation sites is 2. The molecular weight excluding hydrogens is 566 g/mol. The highest BCUT2D eigenvalue weighted by atomic mass is 16.6. The number of nitrogens with one attached hydrogen (secondary N) is 1. The number of fused-ring (bicyclic) bond motifs is 1. The monoisotopic (exact) mass is 611 g/mol. The van der Waals surface area contributed by atoms with Crippen molar-refractivity contribution in [2.75, 3.05) is 29.3 Å². The van der Waals surface area contributed by atoms with E-state index in [-0.39, 0.29) is 29.9 Å². The number of methoxy groups -OCH3 is 2. The van der Waals surface area contributed by atoms with Crippen LogP contribution in [-0.2, 0) is 9.53 Å². The quantitative estimate of drug-likeness (QED) is 0.275. The van der Waals surface area contributed by atoms with E-state index < -0.39 is 12.1 Å². The van der Waals surface area contributed by atoms with Crippen molar-refractivity contribution in [3.63, 3.8) is 0 Å². The summed E-state index contributed by atoms with van der Waals surface area (Å²) < 4.78 is 17.2. The maximum atomic E-state index is 14.4. The van der Waals surface area contributed by atoms with Crippen molar-refractivity contribution in [3.05, 3.63) is 89.1 Å². The fourth-order valence-corrected chi connectivity index (χ4v) is 6.73. The van der Waals surface area contributed by atoms with Gasteiger partial charge >= 0.3 is 6.09 Å². The summed E-state index contributed by atoms with van der Waals surface area (Å²) in [6, 6.07) is 21.3. The topological polar surface area (TPSA) is 80.3 Å². The Bertz CT molecular complexity index is 1570. The molecule has 0 radical (unpaired) electrons. The first-order chi connectivity index (χ1) is 21.5. The Kier molecular flexibility index (Phi) is 9.42. The zero-order valence-corrected chi connectivity index (χ0v) is 27.6. The summed E-state index contributed by atoms with van der Waals surface area (Å²) in [5.41, 5.74) is 5.50. The van der Waals surface area contributed by atoms with Gasteiger partial charge in [-0.15, -0.1) is 0 Å². The van der Waals surface area contributed by atoms with Crippen LogP contribution in [0.3, 0.4) is 0 Å². The van der Waals surface area contributed by atoms with Gasteiger partial charge in [-0.25, -0.2) is 4.79 Å². The molecule has 8 nitrogen and oxygen atoms in total. The molecule has 238 valence electrons. The minimum atomic E-state index is -0.776. The molecule has 5 rings (SSSR count). The molecule has 0 aromatic heterocycles. The summed E-state index contributed by atoms with van der Waals surface area (Å²) in [5, 5.41) is 3.58. The highest BCUT2D eigenvalue weighted by Crippen LogP contribution is 2.49. The number of allylic oxidation sites excluding steroid dienone is 1. The molecule has 3 aromatic carbocycles. The van der Waals surface area contributed by atoms with Gasteiger partial charge in [-0.1, -0.05) is 30.3 Å². The Morgan fingerprint density at radius 3 is 2.20 bits per heavy atom. The summed E-state index contributed by atoms with van der Waals surface area (Å²) in [6.45, 7) is 12.3. The lowest BCUT2D eigenvalue weighted by molar-refractivity contribution is -0.116. The van der Waals surface area contributed by atoms with Crippen molar-refractivity contribution in [1.29, 1.82) is 0 Å². The number of ether oxygens (including phenoxy) is 3. The van der Waals surface area contributed by atoms with E-state index in [1.54, 1.807) is 19.1 Å². The fraction of sp³-hybridized carbons (Fsp3) is 0.405. The van der Waals surface area contributed by atoms with E-state index in [0.717, 1.165) is 33.9 Å². The van der Waals surface area contributed by atoms with Crippen molar-refractivity contribution < 1.29 is 23.8 Å². The molecule has 1 aliphatic heterocycles. The van der Waals surface area contributed by atoms with Crippen molar-refractivity contribution in [2.45, 2.75) is 84.5 Å². The number of Topliss-reactive ketones (excluding diaryl/α,β-unsaturated/α-hetero) is 1. The number of carbonyl (C=O) groups is 2. The van der Waals surface area contributed by atoms with Gasteiger partial charge in [-0.2, -0.15) is 0 Å². The first-order valence-electron chi connectivity index (χ1n) is 15.8. The SMILES string of the molecule is COc1ccc(C2CC(=O)C3=C(C2)Nc2ccccc2N(C(=O)OC(C)C)C3c2ccc(N(C(C)C)C(C)C)cc2OC)cc1. The molecule has 0 fully saturated rings. The third kappa shape index (κ3) is 6.37. The number of hydrogen-bond donors (Lipinski definition) is 1. The Morgan fingerprint density at radius 2 is 1.58 bits per heavy atom. The first kappa shape index (κ1) is 31.9. The molecular formula is C37H45N3O5. The molecule has 0 bridgehead atoms. The van der Waals surface area contributed by atoms with E-state index in [1.807, 2.05) is 74.5 Å². The van der Waals surface area contributed by atoms with Crippen LogP contribution in [0.5, 0.6) is 11.5 Å². The molecule has 0 spiro atoms. The number of hydrogen-bond acceptors (Lipinski definition) is 7. The third-order valence-corrected chi connectivity index (χ3v) is 8.53. The molecule has 1 heterocycles. The lowest BCUT2D eigenvalue weighted by atomic mass is 9.78. The zero-order valence-electron chi connectivity index (χ0n) is 27.6. The second kappa shape index (κ2) is 13.3. The van der Waals surface area contributed by atoms with Crippen molar-refractivity contribution in [3.8, 4) is 11.5 Å². The van der Waals surface area contributed by atoms with Gasteiger partial charge in [-0.3, -0.25) is 9.69 Å². The number of nitrogens with zero attached hydrogens (tertiary/aromatic N) is 2. The highest BCUT2D eigenvalue weighted by Gasteiger charge is 2.43. The van der Waals surface area contributed by atoms with Gasteiger partial charge in [0.1, 0.15) is 11.5 Å². The van der Waals surface area contributed by atoms with E-state index >= 15 is 0 Å². The van der Waals surface area contributed by atoms with Crippen LogP contribution in [0.2, 0.25) is 0 Å². The van der Waals surface area contributed by atoms with Gasteiger partial charge in [-0.05, 0) is 89.8 Å². The van der Waals surface area contributed by atoms with Gasteiger partial charge < -0.3 is 24.4 Å². The molecule has 1 aliphatic carbocycles. The normalized spacial score (nSPS) is 17.9. The second-order valence-electron chi connectivity index (χ2n) is 12.6. The largest absolute Gasteiger partial charge is 0.497 e. The second-order valence-corrected chi connectivity index (χ2v) is 12.6. The van der Waals surface area contributed by atoms with Crippen LogP contribution in [0.1, 0.15) is 77.5 Å². The van der Waals surface area contributed by atoms with Crippen LogP contribution in [0.4, 0.5) is 21.9 Å². The summed E-state index contributed by atoms with van der Waals surface area (Å²) in [4.78, 5) is 32.4. The predicted molar refractivity (Wildman–Crippen MR) is 180 cm³/mol. The Labute approximate surface area is 267 Å². The molecule has 1 N–H and O–H groups in total. The molecule has 2 unspecified atom stereocenters. The molecule has 2 aliphatic rings. The standard InChI is InChI=1S/C37H45N3O5/c1-22(2)39(23(3)4)27-15-18-29(34(21-27)44-8)36-35-31(19-26(20-33(35)41)25-13-16-28(43-7)17-14-25)38-30-11-9-10-12-32(30)40(36)37(42)45-24(5)6/h9-18,21-24,26,36,38H,19-20H2,1-8H3.